The molecular weight excluding hydrogens is 600 g/mol. The average molecular weight is 627 g/mol. The van der Waals surface area contributed by atoms with Crippen molar-refractivity contribution in [3.05, 3.63) is 29.3 Å². The molecule has 4 heterocycles. The predicted molar refractivity (Wildman–Crippen MR) is 150 cm³/mol. The molecule has 2 fully saturated rings. The number of β-lactam (4-membered cyclic amide) rings is 1. The number of oxime groups is 1. The molecule has 16 nitrogen and oxygen atoms in total. The van der Waals surface area contributed by atoms with Gasteiger partial charge in [0, 0.05) is 18.5 Å². The first kappa shape index (κ1) is 28.9. The molecule has 2 aromatic heterocycles. The first-order valence-corrected chi connectivity index (χ1v) is 15.2. The lowest BCUT2D eigenvalue weighted by molar-refractivity contribution is -0.218. The fourth-order valence-corrected chi connectivity index (χ4v) is 5.92. The van der Waals surface area contributed by atoms with Crippen molar-refractivity contribution in [3.63, 3.8) is 0 Å². The average Bonchev–Trinajstić information content (AvgIpc) is 3.49. The molecule has 1 unspecified atom stereocenters. The number of fused-ring (bicyclic) bond motifs is 1. The van der Waals surface area contributed by atoms with Crippen LogP contribution in [0.1, 0.15) is 19.5 Å². The molecule has 6 N–H and O–H groups in total. The Hall–Kier alpha value is -3.62. The number of carbonyl (C=O) groups is 2. The summed E-state index contributed by atoms with van der Waals surface area (Å²) in [5.41, 5.74) is 5.10. The summed E-state index contributed by atoms with van der Waals surface area (Å²) in [4.78, 5) is 39.4. The van der Waals surface area contributed by atoms with Crippen LogP contribution in [0.15, 0.2) is 28.7 Å². The number of hydrogen-bond donors (Lipinski definition) is 5. The third kappa shape index (κ3) is 6.49. The molecule has 41 heavy (non-hydrogen) atoms. The van der Waals surface area contributed by atoms with Gasteiger partial charge in [-0.15, -0.1) is 15.6 Å². The molecule has 2 aliphatic heterocycles. The van der Waals surface area contributed by atoms with Crippen LogP contribution >= 0.6 is 22.7 Å². The van der Waals surface area contributed by atoms with E-state index in [0.717, 1.165) is 39.8 Å². The SMILES string of the molecule is CC1(C)C(NC(=O)/C(=N\OCCOc2ccc3nc(NC4CNC4)sc3c2)c2csc(N)n2)C(=O)N1OS(=O)(=O)O. The van der Waals surface area contributed by atoms with Gasteiger partial charge in [-0.2, -0.15) is 13.5 Å². The molecule has 0 radical (unpaired) electrons. The van der Waals surface area contributed by atoms with Crippen LogP contribution in [0.4, 0.5) is 10.3 Å². The zero-order chi connectivity index (χ0) is 29.4. The lowest BCUT2D eigenvalue weighted by Crippen LogP contribution is -2.76. The van der Waals surface area contributed by atoms with Gasteiger partial charge in [-0.05, 0) is 32.0 Å². The van der Waals surface area contributed by atoms with Crippen molar-refractivity contribution < 1.29 is 36.4 Å². The first-order chi connectivity index (χ1) is 19.4. The minimum absolute atomic E-state index is 0.0254. The van der Waals surface area contributed by atoms with Gasteiger partial charge in [0.25, 0.3) is 11.8 Å². The van der Waals surface area contributed by atoms with E-state index in [2.05, 4.69) is 35.4 Å². The molecular formula is C22H26N8O8S3. The van der Waals surface area contributed by atoms with E-state index < -0.39 is 33.8 Å². The Bertz CT molecular complexity index is 1600. The Morgan fingerprint density at radius 3 is 2.73 bits per heavy atom. The number of nitrogens with zero attached hydrogens (tertiary/aromatic N) is 4. The Kier molecular flexibility index (Phi) is 7.99. The van der Waals surface area contributed by atoms with E-state index >= 15 is 0 Å². The lowest BCUT2D eigenvalue weighted by atomic mass is 9.84. The van der Waals surface area contributed by atoms with Crippen LogP contribution in [0.25, 0.3) is 10.2 Å². The normalized spacial score (nSPS) is 19.0. The van der Waals surface area contributed by atoms with Gasteiger partial charge in [0.05, 0.1) is 21.8 Å². The summed E-state index contributed by atoms with van der Waals surface area (Å²) in [5, 5.41) is 15.9. The van der Waals surface area contributed by atoms with Gasteiger partial charge in [-0.1, -0.05) is 16.5 Å². The van der Waals surface area contributed by atoms with Crippen LogP contribution in [0.2, 0.25) is 0 Å². The number of carbonyl (C=O) groups excluding carboxylic acids is 2. The molecule has 220 valence electrons. The van der Waals surface area contributed by atoms with Gasteiger partial charge in [-0.3, -0.25) is 14.1 Å². The number of hydrogen-bond acceptors (Lipinski definition) is 15. The quantitative estimate of drug-likeness (QED) is 0.0603. The van der Waals surface area contributed by atoms with Crippen molar-refractivity contribution in [3.8, 4) is 5.75 Å². The topological polar surface area (TPSA) is 220 Å². The number of nitrogens with two attached hydrogens (primary N) is 1. The molecule has 0 aliphatic carbocycles. The molecule has 3 aromatic rings. The second-order valence-electron chi connectivity index (χ2n) is 9.54. The molecule has 0 spiro atoms. The van der Waals surface area contributed by atoms with E-state index in [-0.39, 0.29) is 29.8 Å². The maximum absolute atomic E-state index is 13.1. The number of rotatable bonds is 12. The number of ether oxygens (including phenoxy) is 1. The summed E-state index contributed by atoms with van der Waals surface area (Å²) in [6, 6.07) is 4.73. The Morgan fingerprint density at radius 1 is 1.32 bits per heavy atom. The number of anilines is 2. The van der Waals surface area contributed by atoms with Crippen molar-refractivity contribution in [2.75, 3.05) is 37.4 Å². The monoisotopic (exact) mass is 626 g/mol. The molecule has 1 atom stereocenters. The largest absolute Gasteiger partial charge is 0.490 e. The van der Waals surface area contributed by atoms with Gasteiger partial charge in [0.1, 0.15) is 24.1 Å². The van der Waals surface area contributed by atoms with Crippen molar-refractivity contribution in [1.29, 1.82) is 0 Å². The minimum atomic E-state index is -4.94. The van der Waals surface area contributed by atoms with E-state index in [4.69, 9.17) is 19.9 Å². The number of aromatic nitrogens is 2. The van der Waals surface area contributed by atoms with Crippen molar-refractivity contribution in [2.45, 2.75) is 31.5 Å². The van der Waals surface area contributed by atoms with Gasteiger partial charge >= 0.3 is 10.4 Å². The zero-order valence-corrected chi connectivity index (χ0v) is 24.1. The predicted octanol–water partition coefficient (Wildman–Crippen LogP) is 0.358. The van der Waals surface area contributed by atoms with Crippen molar-refractivity contribution in [2.24, 2.45) is 5.16 Å². The second kappa shape index (κ2) is 11.3. The summed E-state index contributed by atoms with van der Waals surface area (Å²) >= 11 is 2.60. The minimum Gasteiger partial charge on any atom is -0.490 e. The number of nitrogen functional groups attached to an aromatic ring is 1. The number of nitrogens with one attached hydrogen (secondary N) is 3. The van der Waals surface area contributed by atoms with Crippen LogP contribution in [-0.4, -0.2) is 89.5 Å². The van der Waals surface area contributed by atoms with E-state index in [1.54, 1.807) is 6.07 Å². The number of benzene rings is 1. The van der Waals surface area contributed by atoms with E-state index in [9.17, 15) is 18.0 Å². The number of hydroxylamine groups is 2. The van der Waals surface area contributed by atoms with Crippen LogP contribution in [-0.2, 0) is 29.1 Å². The van der Waals surface area contributed by atoms with Crippen molar-refractivity contribution in [1.82, 2.24) is 25.7 Å². The van der Waals surface area contributed by atoms with E-state index in [1.807, 2.05) is 12.1 Å². The van der Waals surface area contributed by atoms with Gasteiger partial charge in [-0.25, -0.2) is 9.97 Å². The highest BCUT2D eigenvalue weighted by Crippen LogP contribution is 2.33. The van der Waals surface area contributed by atoms with Crippen LogP contribution < -0.4 is 26.4 Å². The van der Waals surface area contributed by atoms with Crippen LogP contribution in [0.5, 0.6) is 5.75 Å². The van der Waals surface area contributed by atoms with Gasteiger partial charge < -0.3 is 31.3 Å². The molecule has 0 bridgehead atoms. The summed E-state index contributed by atoms with van der Waals surface area (Å²) in [6.45, 7) is 4.77. The molecule has 1 aromatic carbocycles. The molecule has 2 saturated heterocycles. The Labute approximate surface area is 241 Å². The maximum atomic E-state index is 13.1. The number of thiazole rings is 2. The highest BCUT2D eigenvalue weighted by atomic mass is 32.3. The highest BCUT2D eigenvalue weighted by molar-refractivity contribution is 7.80. The maximum Gasteiger partial charge on any atom is 0.418 e. The molecule has 0 saturated carbocycles. The summed E-state index contributed by atoms with van der Waals surface area (Å²) < 4.78 is 42.0. The highest BCUT2D eigenvalue weighted by Gasteiger charge is 2.58. The third-order valence-corrected chi connectivity index (χ3v) is 8.13. The summed E-state index contributed by atoms with van der Waals surface area (Å²) in [6.07, 6.45) is 0. The number of amides is 2. The van der Waals surface area contributed by atoms with E-state index in [1.165, 1.54) is 30.6 Å². The molecule has 2 aliphatic rings. The standard InChI is InChI=1S/C22H26N8O8S3/c1-22(2)17(19(32)30(22)38-41(33,34)35)28-18(31)16(14-10-39-20(23)26-14)29-37-6-5-36-12-3-4-13-15(7-12)40-21(27-13)25-11-8-24-9-11/h3-4,7,10-11,17,24H,5-6,8-9H2,1-2H3,(H2,23,26)(H,25,27)(H,28,31)(H,33,34,35)/b29-16-. The molecule has 2 amide bonds. The Morgan fingerprint density at radius 2 is 2.10 bits per heavy atom. The first-order valence-electron chi connectivity index (χ1n) is 12.1. The smallest absolute Gasteiger partial charge is 0.418 e. The van der Waals surface area contributed by atoms with Crippen molar-refractivity contribution >= 4 is 71.1 Å². The van der Waals surface area contributed by atoms with Crippen LogP contribution in [0, 0.1) is 0 Å². The zero-order valence-electron chi connectivity index (χ0n) is 21.7. The summed E-state index contributed by atoms with van der Waals surface area (Å²) in [7, 11) is -4.94. The molecule has 19 heteroatoms. The Balaban J connectivity index is 1.19. The lowest BCUT2D eigenvalue weighted by Gasteiger charge is -2.50. The van der Waals surface area contributed by atoms with Gasteiger partial charge in [0.15, 0.2) is 22.6 Å². The second-order valence-corrected chi connectivity index (χ2v) is 12.5. The fraction of sp³-hybridized carbons (Fsp3) is 0.409. The third-order valence-electron chi connectivity index (χ3n) is 6.17. The fourth-order valence-electron chi connectivity index (χ4n) is 3.95. The van der Waals surface area contributed by atoms with E-state index in [0.29, 0.717) is 16.9 Å². The molecule has 5 rings (SSSR count). The van der Waals surface area contributed by atoms with Gasteiger partial charge in [0.2, 0.25) is 0 Å². The summed E-state index contributed by atoms with van der Waals surface area (Å²) in [5.74, 6) is -1.11. The van der Waals surface area contributed by atoms with Crippen LogP contribution in [0.3, 0.4) is 0 Å².